The molecule has 1 aliphatic carbocycles. The van der Waals surface area contributed by atoms with E-state index in [1.54, 1.807) is 0 Å². The molecule has 0 amide bonds. The Balaban J connectivity index is 3.42. The highest BCUT2D eigenvalue weighted by atomic mass is 16.4. The molecule has 0 atom stereocenters. The molecule has 0 saturated carbocycles. The maximum Gasteiger partial charge on any atom is 0.333 e. The molecule has 0 radical (unpaired) electrons. The minimum atomic E-state index is -2.65. The Labute approximate surface area is 87.4 Å². The van der Waals surface area contributed by atoms with E-state index in [-0.39, 0.29) is 0 Å². The fraction of sp³-hybridized carbons (Fsp3) is 0.250. The van der Waals surface area contributed by atoms with Gasteiger partial charge in [0.15, 0.2) is 0 Å². The quantitative estimate of drug-likeness (QED) is 0.449. The monoisotopic (exact) mass is 230 g/mol. The molecule has 0 heterocycles. The predicted octanol–water partition coefficient (Wildman–Crippen LogP) is -0.989. The van der Waals surface area contributed by atoms with Gasteiger partial charge in [0.05, 0.1) is 11.1 Å². The van der Waals surface area contributed by atoms with Crippen LogP contribution in [0.25, 0.3) is 0 Å². The van der Waals surface area contributed by atoms with Gasteiger partial charge in [-0.3, -0.25) is 9.59 Å². The average Bonchev–Trinajstić information content (AvgIpc) is 1.98. The van der Waals surface area contributed by atoms with Crippen LogP contribution in [0.4, 0.5) is 0 Å². The molecule has 1 aliphatic rings. The zero-order valence-electron chi connectivity index (χ0n) is 7.63. The van der Waals surface area contributed by atoms with Gasteiger partial charge in [-0.15, -0.1) is 0 Å². The van der Waals surface area contributed by atoms with Gasteiger partial charge in [0.1, 0.15) is 0 Å². The summed E-state index contributed by atoms with van der Waals surface area (Å²) in [6.07, 6.45) is -0.839. The molecular weight excluding hydrogens is 224 g/mol. The fourth-order valence-electron chi connectivity index (χ4n) is 1.54. The highest BCUT2D eigenvalue weighted by Gasteiger charge is 2.62. The zero-order valence-corrected chi connectivity index (χ0v) is 7.63. The first-order valence-electron chi connectivity index (χ1n) is 3.92. The zero-order chi connectivity index (χ0) is 12.7. The average molecular weight is 230 g/mol. The van der Waals surface area contributed by atoms with Crippen LogP contribution in [0.2, 0.25) is 0 Å². The molecule has 8 nitrogen and oxygen atoms in total. The third kappa shape index (κ3) is 1.23. The summed E-state index contributed by atoms with van der Waals surface area (Å²) in [7, 11) is 0. The Morgan fingerprint density at radius 2 is 1.31 bits per heavy atom. The van der Waals surface area contributed by atoms with Crippen LogP contribution in [0.15, 0.2) is 11.1 Å². The number of hydrogen-bond donors (Lipinski definition) is 4. The number of carbonyl (C=O) groups is 4. The van der Waals surface area contributed by atoms with Crippen LogP contribution in [-0.2, 0) is 19.2 Å². The van der Waals surface area contributed by atoms with Crippen molar-refractivity contribution in [3.8, 4) is 0 Å². The smallest absolute Gasteiger partial charge is 0.333 e. The van der Waals surface area contributed by atoms with Crippen molar-refractivity contribution in [2.75, 3.05) is 0 Å². The summed E-state index contributed by atoms with van der Waals surface area (Å²) in [4.78, 5) is 42.7. The van der Waals surface area contributed by atoms with E-state index in [9.17, 15) is 19.2 Å². The lowest BCUT2D eigenvalue weighted by Gasteiger charge is -2.34. The molecule has 1 rings (SSSR count). The lowest BCUT2D eigenvalue weighted by molar-refractivity contribution is -0.166. The first-order valence-corrected chi connectivity index (χ1v) is 3.92. The van der Waals surface area contributed by atoms with Gasteiger partial charge in [-0.05, 0) is 0 Å². The molecule has 0 spiro atoms. The largest absolute Gasteiger partial charge is 0.480 e. The van der Waals surface area contributed by atoms with Crippen molar-refractivity contribution in [2.45, 2.75) is 6.42 Å². The van der Waals surface area contributed by atoms with Gasteiger partial charge in [0.25, 0.3) is 0 Å². The maximum atomic E-state index is 10.8. The predicted molar refractivity (Wildman–Crippen MR) is 44.6 cm³/mol. The van der Waals surface area contributed by atoms with Crippen LogP contribution in [0.5, 0.6) is 0 Å². The number of rotatable bonds is 4. The Kier molecular flexibility index (Phi) is 2.43. The third-order valence-electron chi connectivity index (χ3n) is 2.37. The van der Waals surface area contributed by atoms with Gasteiger partial charge in [0.2, 0.25) is 5.41 Å². The van der Waals surface area contributed by atoms with Crippen LogP contribution in [0, 0.1) is 5.41 Å². The minimum absolute atomic E-state index is 0.697. The highest BCUT2D eigenvalue weighted by Crippen LogP contribution is 2.47. The van der Waals surface area contributed by atoms with Crippen LogP contribution in [0.3, 0.4) is 0 Å². The second kappa shape index (κ2) is 3.33. The van der Waals surface area contributed by atoms with Crippen molar-refractivity contribution in [1.29, 1.82) is 0 Å². The van der Waals surface area contributed by atoms with Gasteiger partial charge in [-0.1, -0.05) is 0 Å². The Bertz CT molecular complexity index is 429. The van der Waals surface area contributed by atoms with E-state index in [0.29, 0.717) is 0 Å². The van der Waals surface area contributed by atoms with E-state index in [1.807, 2.05) is 0 Å². The molecule has 0 bridgehead atoms. The molecule has 0 aromatic carbocycles. The maximum absolute atomic E-state index is 10.8. The Morgan fingerprint density at radius 3 is 1.56 bits per heavy atom. The van der Waals surface area contributed by atoms with Crippen molar-refractivity contribution in [2.24, 2.45) is 5.41 Å². The molecule has 86 valence electrons. The van der Waals surface area contributed by atoms with Crippen molar-refractivity contribution in [3.05, 3.63) is 11.1 Å². The highest BCUT2D eigenvalue weighted by molar-refractivity contribution is 6.18. The van der Waals surface area contributed by atoms with E-state index in [4.69, 9.17) is 20.4 Å². The topological polar surface area (TPSA) is 149 Å². The summed E-state index contributed by atoms with van der Waals surface area (Å²) < 4.78 is 0. The first kappa shape index (κ1) is 11.7. The van der Waals surface area contributed by atoms with E-state index < -0.39 is 46.9 Å². The molecule has 4 N–H and O–H groups in total. The molecule has 0 fully saturated rings. The summed E-state index contributed by atoms with van der Waals surface area (Å²) in [5.41, 5.74) is -4.45. The minimum Gasteiger partial charge on any atom is -0.480 e. The molecule has 0 aromatic rings. The Morgan fingerprint density at radius 1 is 0.875 bits per heavy atom. The molecule has 8 heteroatoms. The van der Waals surface area contributed by atoms with Gasteiger partial charge in [0, 0.05) is 6.42 Å². The normalized spacial score (nSPS) is 17.5. The van der Waals surface area contributed by atoms with Gasteiger partial charge in [-0.2, -0.15) is 0 Å². The van der Waals surface area contributed by atoms with Gasteiger partial charge < -0.3 is 20.4 Å². The number of carboxylic acid groups (broad SMARTS) is 4. The summed E-state index contributed by atoms with van der Waals surface area (Å²) >= 11 is 0. The third-order valence-corrected chi connectivity index (χ3v) is 2.37. The van der Waals surface area contributed by atoms with Crippen LogP contribution < -0.4 is 0 Å². The second-order valence-electron chi connectivity index (χ2n) is 3.16. The molecule has 0 saturated heterocycles. The van der Waals surface area contributed by atoms with Crippen LogP contribution in [0.1, 0.15) is 6.42 Å². The summed E-state index contributed by atoms with van der Waals surface area (Å²) in [6.45, 7) is 0. The van der Waals surface area contributed by atoms with E-state index in [0.717, 1.165) is 0 Å². The molecule has 0 aliphatic heterocycles. The number of aliphatic carboxylic acids is 4. The Hall–Kier alpha value is -2.38. The molecular formula is C8H6O8. The van der Waals surface area contributed by atoms with Crippen molar-refractivity contribution >= 4 is 23.9 Å². The summed E-state index contributed by atoms with van der Waals surface area (Å²) in [5, 5.41) is 34.6. The van der Waals surface area contributed by atoms with E-state index in [2.05, 4.69) is 0 Å². The lowest BCUT2D eigenvalue weighted by Crippen LogP contribution is -2.51. The van der Waals surface area contributed by atoms with Crippen LogP contribution in [-0.4, -0.2) is 44.3 Å². The SMILES string of the molecule is O=C(O)C1=C(C(=O)O)C(C(=O)O)(C(=O)O)C1. The van der Waals surface area contributed by atoms with Crippen molar-refractivity contribution in [3.63, 3.8) is 0 Å². The fourth-order valence-corrected chi connectivity index (χ4v) is 1.54. The molecule has 0 aromatic heterocycles. The first-order chi connectivity index (χ1) is 7.25. The van der Waals surface area contributed by atoms with Gasteiger partial charge >= 0.3 is 23.9 Å². The lowest BCUT2D eigenvalue weighted by atomic mass is 9.63. The second-order valence-corrected chi connectivity index (χ2v) is 3.16. The van der Waals surface area contributed by atoms with Gasteiger partial charge in [-0.25, -0.2) is 9.59 Å². The van der Waals surface area contributed by atoms with E-state index in [1.165, 1.54) is 0 Å². The van der Waals surface area contributed by atoms with E-state index >= 15 is 0 Å². The summed E-state index contributed by atoms with van der Waals surface area (Å²) in [5.74, 6) is -7.26. The number of carboxylic acids is 4. The number of hydrogen-bond acceptors (Lipinski definition) is 4. The van der Waals surface area contributed by atoms with Crippen LogP contribution >= 0.6 is 0 Å². The van der Waals surface area contributed by atoms with Crippen molar-refractivity contribution in [1.82, 2.24) is 0 Å². The summed E-state index contributed by atoms with van der Waals surface area (Å²) in [6, 6.07) is 0. The van der Waals surface area contributed by atoms with Crippen molar-refractivity contribution < 1.29 is 39.6 Å². The molecule has 0 unspecified atom stereocenters. The molecule has 16 heavy (non-hydrogen) atoms. The standard InChI is InChI=1S/C8H6O8/c9-4(10)2-1-8(6(13)14,7(15)16)3(2)5(11)12/h1H2,(H,9,10)(H,11,12)(H,13,14)(H,15,16).